The standard InChI is InChI=1S/C13H20N4S2/c1-6-9-15-10(7(2)3)11(18-9)12-16-17-13(19-12)14-8(4)5/h7-8H,6H2,1-5H3,(H,14,17). The molecule has 2 heterocycles. The molecular weight excluding hydrogens is 276 g/mol. The van der Waals surface area contributed by atoms with Gasteiger partial charge in [0.1, 0.15) is 0 Å². The van der Waals surface area contributed by atoms with Gasteiger partial charge in [0.05, 0.1) is 15.6 Å². The first-order valence-electron chi connectivity index (χ1n) is 6.61. The average Bonchev–Trinajstić information content (AvgIpc) is 2.93. The average molecular weight is 296 g/mol. The fourth-order valence-electron chi connectivity index (χ4n) is 1.69. The van der Waals surface area contributed by atoms with Crippen molar-refractivity contribution >= 4 is 27.8 Å². The van der Waals surface area contributed by atoms with Crippen molar-refractivity contribution in [3.8, 4) is 9.88 Å². The number of anilines is 1. The lowest BCUT2D eigenvalue weighted by Crippen LogP contribution is -2.08. The Bertz CT molecular complexity index is 543. The van der Waals surface area contributed by atoms with E-state index in [4.69, 9.17) is 4.98 Å². The number of aromatic nitrogens is 3. The molecule has 4 nitrogen and oxygen atoms in total. The van der Waals surface area contributed by atoms with E-state index in [1.165, 1.54) is 9.88 Å². The van der Waals surface area contributed by atoms with E-state index in [-0.39, 0.29) is 0 Å². The quantitative estimate of drug-likeness (QED) is 0.899. The minimum absolute atomic E-state index is 0.373. The molecule has 0 saturated carbocycles. The molecule has 0 amide bonds. The number of hydrogen-bond acceptors (Lipinski definition) is 6. The maximum atomic E-state index is 4.71. The molecule has 0 radical (unpaired) electrons. The summed E-state index contributed by atoms with van der Waals surface area (Å²) in [5.41, 5.74) is 1.15. The number of nitrogens with zero attached hydrogens (tertiary/aromatic N) is 3. The van der Waals surface area contributed by atoms with E-state index in [1.54, 1.807) is 22.7 Å². The Kier molecular flexibility index (Phi) is 4.52. The Morgan fingerprint density at radius 1 is 1.11 bits per heavy atom. The van der Waals surface area contributed by atoms with Crippen molar-refractivity contribution < 1.29 is 0 Å². The number of aryl methyl sites for hydroxylation is 1. The van der Waals surface area contributed by atoms with Gasteiger partial charge in [0, 0.05) is 6.04 Å². The SMILES string of the molecule is CCc1nc(C(C)C)c(-c2nnc(NC(C)C)s2)s1. The molecule has 2 aromatic heterocycles. The first-order chi connectivity index (χ1) is 9.01. The Morgan fingerprint density at radius 3 is 2.42 bits per heavy atom. The van der Waals surface area contributed by atoms with Crippen LogP contribution in [0.15, 0.2) is 0 Å². The molecule has 19 heavy (non-hydrogen) atoms. The lowest BCUT2D eigenvalue weighted by molar-refractivity contribution is 0.824. The summed E-state index contributed by atoms with van der Waals surface area (Å²) in [4.78, 5) is 5.89. The molecule has 2 aromatic rings. The molecule has 6 heteroatoms. The van der Waals surface area contributed by atoms with E-state index in [0.717, 1.165) is 22.3 Å². The third kappa shape index (κ3) is 3.30. The molecule has 1 N–H and O–H groups in total. The Labute approximate surface area is 122 Å². The van der Waals surface area contributed by atoms with Crippen molar-refractivity contribution in [2.24, 2.45) is 0 Å². The monoisotopic (exact) mass is 296 g/mol. The number of nitrogens with one attached hydrogen (secondary N) is 1. The summed E-state index contributed by atoms with van der Waals surface area (Å²) in [6.45, 7) is 10.7. The van der Waals surface area contributed by atoms with Crippen LogP contribution in [0.3, 0.4) is 0 Å². The Morgan fingerprint density at radius 2 is 1.84 bits per heavy atom. The lowest BCUT2D eigenvalue weighted by atomic mass is 10.1. The lowest BCUT2D eigenvalue weighted by Gasteiger charge is -2.03. The molecule has 2 rings (SSSR count). The van der Waals surface area contributed by atoms with E-state index in [0.29, 0.717) is 12.0 Å². The van der Waals surface area contributed by atoms with Gasteiger partial charge in [-0.05, 0) is 26.2 Å². The maximum Gasteiger partial charge on any atom is 0.206 e. The van der Waals surface area contributed by atoms with Gasteiger partial charge in [-0.3, -0.25) is 0 Å². The minimum atomic E-state index is 0.373. The van der Waals surface area contributed by atoms with Crippen LogP contribution in [0.5, 0.6) is 0 Å². The molecule has 0 aliphatic carbocycles. The maximum absolute atomic E-state index is 4.71. The molecule has 0 unspecified atom stereocenters. The zero-order chi connectivity index (χ0) is 14.0. The first-order valence-corrected chi connectivity index (χ1v) is 8.24. The van der Waals surface area contributed by atoms with Crippen molar-refractivity contribution in [2.75, 3.05) is 5.32 Å². The van der Waals surface area contributed by atoms with E-state index in [9.17, 15) is 0 Å². The Hall–Kier alpha value is -1.01. The highest BCUT2D eigenvalue weighted by molar-refractivity contribution is 7.23. The van der Waals surface area contributed by atoms with Crippen LogP contribution in [-0.4, -0.2) is 21.2 Å². The van der Waals surface area contributed by atoms with Gasteiger partial charge in [-0.1, -0.05) is 32.1 Å². The van der Waals surface area contributed by atoms with E-state index in [1.807, 2.05) is 0 Å². The van der Waals surface area contributed by atoms with Crippen LogP contribution in [0, 0.1) is 0 Å². The molecule has 0 aliphatic heterocycles. The topological polar surface area (TPSA) is 50.7 Å². The summed E-state index contributed by atoms with van der Waals surface area (Å²) >= 11 is 3.35. The van der Waals surface area contributed by atoms with E-state index in [2.05, 4.69) is 50.1 Å². The van der Waals surface area contributed by atoms with Crippen LogP contribution in [0.1, 0.15) is 51.2 Å². The van der Waals surface area contributed by atoms with Gasteiger partial charge in [-0.25, -0.2) is 4.98 Å². The van der Waals surface area contributed by atoms with Crippen molar-refractivity contribution in [1.82, 2.24) is 15.2 Å². The van der Waals surface area contributed by atoms with Crippen LogP contribution in [0.4, 0.5) is 5.13 Å². The zero-order valence-electron chi connectivity index (χ0n) is 12.0. The second-order valence-electron chi connectivity index (χ2n) is 5.04. The predicted molar refractivity (Wildman–Crippen MR) is 83.2 cm³/mol. The van der Waals surface area contributed by atoms with Gasteiger partial charge >= 0.3 is 0 Å². The highest BCUT2D eigenvalue weighted by atomic mass is 32.1. The molecule has 0 saturated heterocycles. The molecule has 0 spiro atoms. The van der Waals surface area contributed by atoms with Crippen LogP contribution in [-0.2, 0) is 6.42 Å². The van der Waals surface area contributed by atoms with Crippen molar-refractivity contribution in [1.29, 1.82) is 0 Å². The second-order valence-corrected chi connectivity index (χ2v) is 7.10. The van der Waals surface area contributed by atoms with Crippen LogP contribution >= 0.6 is 22.7 Å². The summed E-state index contributed by atoms with van der Waals surface area (Å²) in [5, 5.41) is 14.8. The van der Waals surface area contributed by atoms with Gasteiger partial charge < -0.3 is 5.32 Å². The molecular formula is C13H20N4S2. The van der Waals surface area contributed by atoms with Gasteiger partial charge in [0.15, 0.2) is 5.01 Å². The number of thiazole rings is 1. The van der Waals surface area contributed by atoms with Gasteiger partial charge in [-0.2, -0.15) is 0 Å². The third-order valence-electron chi connectivity index (χ3n) is 2.58. The molecule has 0 aliphatic rings. The van der Waals surface area contributed by atoms with Gasteiger partial charge in [0.2, 0.25) is 5.13 Å². The molecule has 0 bridgehead atoms. The summed E-state index contributed by atoms with van der Waals surface area (Å²) < 4.78 is 0. The normalized spacial score (nSPS) is 11.5. The summed E-state index contributed by atoms with van der Waals surface area (Å²) in [5.74, 6) is 0.414. The summed E-state index contributed by atoms with van der Waals surface area (Å²) in [6, 6.07) is 0.373. The first kappa shape index (κ1) is 14.4. The van der Waals surface area contributed by atoms with Gasteiger partial charge in [0.25, 0.3) is 0 Å². The third-order valence-corrected chi connectivity index (χ3v) is 4.80. The van der Waals surface area contributed by atoms with Crippen LogP contribution in [0.25, 0.3) is 9.88 Å². The summed E-state index contributed by atoms with van der Waals surface area (Å²) in [7, 11) is 0. The smallest absolute Gasteiger partial charge is 0.206 e. The largest absolute Gasteiger partial charge is 0.358 e. The fourth-order valence-corrected chi connectivity index (χ4v) is 3.82. The number of rotatable bonds is 5. The predicted octanol–water partition coefficient (Wildman–Crippen LogP) is 4.17. The Balaban J connectivity index is 2.35. The molecule has 0 atom stereocenters. The second kappa shape index (κ2) is 5.96. The molecule has 104 valence electrons. The van der Waals surface area contributed by atoms with Crippen molar-refractivity contribution in [2.45, 2.75) is 53.0 Å². The van der Waals surface area contributed by atoms with E-state index >= 15 is 0 Å². The highest BCUT2D eigenvalue weighted by Gasteiger charge is 2.18. The number of hydrogen-bond donors (Lipinski definition) is 1. The van der Waals surface area contributed by atoms with Crippen LogP contribution < -0.4 is 5.32 Å². The van der Waals surface area contributed by atoms with Crippen LogP contribution in [0.2, 0.25) is 0 Å². The van der Waals surface area contributed by atoms with Crippen molar-refractivity contribution in [3.05, 3.63) is 10.7 Å². The fraction of sp³-hybridized carbons (Fsp3) is 0.615. The molecule has 0 aromatic carbocycles. The molecule has 0 fully saturated rings. The highest BCUT2D eigenvalue weighted by Crippen LogP contribution is 2.37. The summed E-state index contributed by atoms with van der Waals surface area (Å²) in [6.07, 6.45) is 0.973. The van der Waals surface area contributed by atoms with E-state index < -0.39 is 0 Å². The minimum Gasteiger partial charge on any atom is -0.358 e. The zero-order valence-corrected chi connectivity index (χ0v) is 13.7. The van der Waals surface area contributed by atoms with Gasteiger partial charge in [-0.15, -0.1) is 21.5 Å². The van der Waals surface area contributed by atoms with Crippen molar-refractivity contribution in [3.63, 3.8) is 0 Å².